The first-order valence-corrected chi connectivity index (χ1v) is 8.28. The lowest BCUT2D eigenvalue weighted by Gasteiger charge is -2.33. The van der Waals surface area contributed by atoms with Gasteiger partial charge in [-0.3, -0.25) is 0 Å². The minimum atomic E-state index is 0. The Morgan fingerprint density at radius 2 is 1.87 bits per heavy atom. The number of nitrogens with one attached hydrogen (secondary N) is 2. The minimum absolute atomic E-state index is 0. The predicted octanol–water partition coefficient (Wildman–Crippen LogP) is 2.81. The number of aromatic nitrogens is 2. The number of hydrogen-bond acceptors (Lipinski definition) is 5. The number of likely N-dealkylation sites (N-methyl/N-ethyl adjacent to an activating group) is 1. The van der Waals surface area contributed by atoms with Crippen molar-refractivity contribution in [3.05, 3.63) is 24.3 Å². The van der Waals surface area contributed by atoms with Gasteiger partial charge in [0.2, 0.25) is 0 Å². The Kier molecular flexibility index (Phi) is 4.87. The molecular weight excluding hydrogens is 310 g/mol. The monoisotopic (exact) mass is 333 g/mol. The zero-order chi connectivity index (χ0) is 14.9. The maximum Gasteiger partial charge on any atom is 0.172 e. The quantitative estimate of drug-likeness (QED) is 0.901. The van der Waals surface area contributed by atoms with Crippen LogP contribution in [-0.4, -0.2) is 42.2 Å². The van der Waals surface area contributed by atoms with E-state index in [1.807, 2.05) is 24.3 Å². The molecule has 0 unspecified atom stereocenters. The molecule has 4 rings (SSSR count). The molecule has 2 aliphatic rings. The van der Waals surface area contributed by atoms with Gasteiger partial charge in [0.05, 0.1) is 11.0 Å². The van der Waals surface area contributed by atoms with Crippen molar-refractivity contribution in [2.75, 3.05) is 30.4 Å². The lowest BCUT2D eigenvalue weighted by molar-refractivity contribution is 0.443. The largest absolute Gasteiger partial charge is 0.364 e. The van der Waals surface area contributed by atoms with Crippen molar-refractivity contribution in [2.24, 2.45) is 0 Å². The summed E-state index contributed by atoms with van der Waals surface area (Å²) in [5.41, 5.74) is 1.93. The Labute approximate surface area is 143 Å². The van der Waals surface area contributed by atoms with Crippen LogP contribution in [0, 0.1) is 0 Å². The molecule has 0 bridgehead atoms. The van der Waals surface area contributed by atoms with E-state index in [-0.39, 0.29) is 12.4 Å². The number of fused-ring (bicyclic) bond motifs is 1. The molecule has 2 fully saturated rings. The molecule has 1 saturated carbocycles. The number of benzene rings is 1. The summed E-state index contributed by atoms with van der Waals surface area (Å²) in [6.07, 6.45) is 4.91. The highest BCUT2D eigenvalue weighted by Gasteiger charge is 2.27. The molecule has 6 heteroatoms. The van der Waals surface area contributed by atoms with Gasteiger partial charge in [-0.1, -0.05) is 12.1 Å². The first-order chi connectivity index (χ1) is 10.8. The van der Waals surface area contributed by atoms with Crippen LogP contribution < -0.4 is 15.5 Å². The molecule has 1 atom stereocenters. The number of hydrogen-bond donors (Lipinski definition) is 2. The van der Waals surface area contributed by atoms with Crippen molar-refractivity contribution in [3.8, 4) is 0 Å². The van der Waals surface area contributed by atoms with Crippen LogP contribution in [0.1, 0.15) is 25.7 Å². The highest BCUT2D eigenvalue weighted by atomic mass is 35.5. The second-order valence-electron chi connectivity index (χ2n) is 6.41. The van der Waals surface area contributed by atoms with E-state index in [0.717, 1.165) is 35.8 Å². The highest BCUT2D eigenvalue weighted by Crippen LogP contribution is 2.31. The van der Waals surface area contributed by atoms with Gasteiger partial charge in [-0.2, -0.15) is 0 Å². The average molecular weight is 334 g/mol. The van der Waals surface area contributed by atoms with Crippen LogP contribution in [0.15, 0.2) is 24.3 Å². The van der Waals surface area contributed by atoms with Gasteiger partial charge in [0.15, 0.2) is 11.6 Å². The Hall–Kier alpha value is -1.59. The third-order valence-electron chi connectivity index (χ3n) is 4.62. The van der Waals surface area contributed by atoms with Crippen LogP contribution in [0.4, 0.5) is 11.6 Å². The van der Waals surface area contributed by atoms with Crippen molar-refractivity contribution in [2.45, 2.75) is 37.8 Å². The van der Waals surface area contributed by atoms with E-state index >= 15 is 0 Å². The van der Waals surface area contributed by atoms with E-state index in [4.69, 9.17) is 9.97 Å². The van der Waals surface area contributed by atoms with Crippen LogP contribution in [0.5, 0.6) is 0 Å². The van der Waals surface area contributed by atoms with Crippen LogP contribution in [0.25, 0.3) is 11.0 Å². The molecule has 1 aromatic carbocycles. The van der Waals surface area contributed by atoms with Crippen molar-refractivity contribution >= 4 is 35.1 Å². The smallest absolute Gasteiger partial charge is 0.172 e. The number of para-hydroxylation sites is 2. The van der Waals surface area contributed by atoms with Gasteiger partial charge in [-0.15, -0.1) is 12.4 Å². The first kappa shape index (κ1) is 16.3. The Morgan fingerprint density at radius 1 is 1.13 bits per heavy atom. The lowest BCUT2D eigenvalue weighted by Crippen LogP contribution is -2.44. The molecule has 124 valence electrons. The second kappa shape index (κ2) is 6.89. The number of halogens is 1. The van der Waals surface area contributed by atoms with Crippen LogP contribution in [0.2, 0.25) is 0 Å². The molecule has 2 heterocycles. The zero-order valence-corrected chi connectivity index (χ0v) is 14.3. The first-order valence-electron chi connectivity index (χ1n) is 8.28. The highest BCUT2D eigenvalue weighted by molar-refractivity contribution is 5.85. The molecular formula is C17H24ClN5. The molecule has 0 radical (unpaired) electrons. The number of nitrogens with zero attached hydrogens (tertiary/aromatic N) is 3. The summed E-state index contributed by atoms with van der Waals surface area (Å²) < 4.78 is 0. The molecule has 1 aliphatic heterocycles. The SMILES string of the molecule is CN(c1nc2ccccc2nc1NC1CC1)[C@@H]1CCCNC1.Cl. The van der Waals surface area contributed by atoms with Crippen LogP contribution in [-0.2, 0) is 0 Å². The third kappa shape index (κ3) is 3.51. The molecule has 1 aromatic heterocycles. The van der Waals surface area contributed by atoms with Gasteiger partial charge < -0.3 is 15.5 Å². The molecule has 1 aliphatic carbocycles. The van der Waals surface area contributed by atoms with Gasteiger partial charge in [-0.25, -0.2) is 9.97 Å². The molecule has 1 saturated heterocycles. The average Bonchev–Trinajstić information content (AvgIpc) is 3.38. The van der Waals surface area contributed by atoms with Gasteiger partial charge in [0.1, 0.15) is 0 Å². The molecule has 0 spiro atoms. The summed E-state index contributed by atoms with van der Waals surface area (Å²) in [4.78, 5) is 12.0. The fraction of sp³-hybridized carbons (Fsp3) is 0.529. The van der Waals surface area contributed by atoms with Crippen LogP contribution >= 0.6 is 12.4 Å². The third-order valence-corrected chi connectivity index (χ3v) is 4.62. The summed E-state index contributed by atoms with van der Waals surface area (Å²) in [5.74, 6) is 1.92. The topological polar surface area (TPSA) is 53.1 Å². The molecule has 2 aromatic rings. The van der Waals surface area contributed by atoms with E-state index in [9.17, 15) is 0 Å². The Morgan fingerprint density at radius 3 is 2.52 bits per heavy atom. The Balaban J connectivity index is 0.00000156. The second-order valence-corrected chi connectivity index (χ2v) is 6.41. The number of rotatable bonds is 4. The summed E-state index contributed by atoms with van der Waals surface area (Å²) in [5, 5.41) is 7.05. The van der Waals surface area contributed by atoms with E-state index in [0.29, 0.717) is 12.1 Å². The maximum absolute atomic E-state index is 4.90. The van der Waals surface area contributed by atoms with E-state index < -0.39 is 0 Å². The fourth-order valence-corrected chi connectivity index (χ4v) is 3.09. The fourth-order valence-electron chi connectivity index (χ4n) is 3.09. The standard InChI is InChI=1S/C17H23N5.ClH/c1-22(13-5-4-10-18-11-13)17-16(19-12-8-9-12)20-14-6-2-3-7-15(14)21-17;/h2-3,6-7,12-13,18H,4-5,8-11H2,1H3,(H,19,20);1H/t13-;/m1./s1. The normalized spacial score (nSPS) is 20.8. The minimum Gasteiger partial charge on any atom is -0.364 e. The van der Waals surface area contributed by atoms with Gasteiger partial charge in [-0.05, 0) is 44.4 Å². The van der Waals surface area contributed by atoms with Gasteiger partial charge in [0.25, 0.3) is 0 Å². The van der Waals surface area contributed by atoms with E-state index in [1.165, 1.54) is 25.7 Å². The summed E-state index contributed by atoms with van der Waals surface area (Å²) >= 11 is 0. The molecule has 23 heavy (non-hydrogen) atoms. The molecule has 2 N–H and O–H groups in total. The van der Waals surface area contributed by atoms with Crippen LogP contribution in [0.3, 0.4) is 0 Å². The van der Waals surface area contributed by atoms with E-state index in [1.54, 1.807) is 0 Å². The number of anilines is 2. The lowest BCUT2D eigenvalue weighted by atomic mass is 10.1. The van der Waals surface area contributed by atoms with Gasteiger partial charge in [0, 0.05) is 25.7 Å². The maximum atomic E-state index is 4.90. The zero-order valence-electron chi connectivity index (χ0n) is 13.5. The van der Waals surface area contributed by atoms with Crippen molar-refractivity contribution < 1.29 is 0 Å². The number of piperidine rings is 1. The molecule has 0 amide bonds. The van der Waals surface area contributed by atoms with E-state index in [2.05, 4.69) is 22.6 Å². The van der Waals surface area contributed by atoms with Crippen molar-refractivity contribution in [1.82, 2.24) is 15.3 Å². The summed E-state index contributed by atoms with van der Waals surface area (Å²) in [6.45, 7) is 2.15. The summed E-state index contributed by atoms with van der Waals surface area (Å²) in [7, 11) is 2.15. The summed E-state index contributed by atoms with van der Waals surface area (Å²) in [6, 6.07) is 9.19. The Bertz CT molecular complexity index is 667. The van der Waals surface area contributed by atoms with Crippen molar-refractivity contribution in [3.63, 3.8) is 0 Å². The van der Waals surface area contributed by atoms with Gasteiger partial charge >= 0.3 is 0 Å². The predicted molar refractivity (Wildman–Crippen MR) is 97.7 cm³/mol. The molecule has 5 nitrogen and oxygen atoms in total. The van der Waals surface area contributed by atoms with Crippen molar-refractivity contribution in [1.29, 1.82) is 0 Å².